The molecule has 3 aliphatic rings. The second kappa shape index (κ2) is 10.3. The average Bonchev–Trinajstić information content (AvgIpc) is 2.97. The number of esters is 1. The minimum absolute atomic E-state index is 0.122. The molecule has 186 valence electrons. The molecule has 2 bridgehead atoms. The lowest BCUT2D eigenvalue weighted by molar-refractivity contribution is -0.158. The van der Waals surface area contributed by atoms with Crippen LogP contribution >= 0.6 is 0 Å². The Morgan fingerprint density at radius 1 is 0.946 bits per heavy atom. The number of nitrogens with zero attached hydrogens (tertiary/aromatic N) is 2. The van der Waals surface area contributed by atoms with Crippen LogP contribution in [0.1, 0.15) is 41.6 Å². The van der Waals surface area contributed by atoms with Crippen LogP contribution in [-0.4, -0.2) is 35.0 Å². The first-order valence-electron chi connectivity index (χ1n) is 13.2. The van der Waals surface area contributed by atoms with Crippen LogP contribution in [0.25, 0.3) is 10.9 Å². The Bertz CT molecular complexity index is 1340. The molecule has 0 spiro atoms. The third-order valence-corrected chi connectivity index (χ3v) is 8.24. The first kappa shape index (κ1) is 23.6. The number of fused-ring (bicyclic) bond motifs is 4. The summed E-state index contributed by atoms with van der Waals surface area (Å²) in [5.41, 5.74) is 3.83. The van der Waals surface area contributed by atoms with Crippen LogP contribution < -0.4 is 0 Å². The topological polar surface area (TPSA) is 42.4 Å². The van der Waals surface area contributed by atoms with E-state index in [-0.39, 0.29) is 18.1 Å². The van der Waals surface area contributed by atoms with Gasteiger partial charge in [0.2, 0.25) is 0 Å². The highest BCUT2D eigenvalue weighted by Gasteiger charge is 2.44. The van der Waals surface area contributed by atoms with E-state index in [1.165, 1.54) is 6.42 Å². The van der Waals surface area contributed by atoms with Crippen molar-refractivity contribution in [3.8, 4) is 0 Å². The Morgan fingerprint density at radius 3 is 2.27 bits per heavy atom. The van der Waals surface area contributed by atoms with Crippen molar-refractivity contribution in [2.45, 2.75) is 30.9 Å². The number of benzene rings is 3. The van der Waals surface area contributed by atoms with Crippen molar-refractivity contribution >= 4 is 16.9 Å². The molecule has 4 nitrogen and oxygen atoms in total. The normalized spacial score (nSPS) is 23.6. The molecule has 0 N–H and O–H groups in total. The number of piperidine rings is 3. The van der Waals surface area contributed by atoms with E-state index in [2.05, 4.69) is 28.6 Å². The number of hydrogen-bond acceptors (Lipinski definition) is 4. The highest BCUT2D eigenvalue weighted by atomic mass is 16.5. The lowest BCUT2D eigenvalue weighted by Gasteiger charge is -2.51. The molecular weight excluding hydrogens is 456 g/mol. The highest BCUT2D eigenvalue weighted by molar-refractivity contribution is 5.85. The van der Waals surface area contributed by atoms with Crippen molar-refractivity contribution in [2.24, 2.45) is 11.8 Å². The number of pyridine rings is 1. The molecule has 5 atom stereocenters. The molecule has 0 radical (unpaired) electrons. The highest BCUT2D eigenvalue weighted by Crippen LogP contribution is 2.44. The maximum atomic E-state index is 14.2. The zero-order valence-corrected chi connectivity index (χ0v) is 20.9. The zero-order valence-electron chi connectivity index (χ0n) is 20.9. The first-order chi connectivity index (χ1) is 18.2. The summed E-state index contributed by atoms with van der Waals surface area (Å²) in [7, 11) is 0. The van der Waals surface area contributed by atoms with Crippen LogP contribution in [0.2, 0.25) is 0 Å². The van der Waals surface area contributed by atoms with E-state index < -0.39 is 5.92 Å². The summed E-state index contributed by atoms with van der Waals surface area (Å²) in [5, 5.41) is 1.04. The predicted molar refractivity (Wildman–Crippen MR) is 147 cm³/mol. The van der Waals surface area contributed by atoms with Gasteiger partial charge in [-0.15, -0.1) is 6.58 Å². The number of ether oxygens (including phenoxy) is 1. The Kier molecular flexibility index (Phi) is 6.58. The number of hydrogen-bond donors (Lipinski definition) is 0. The fourth-order valence-corrected chi connectivity index (χ4v) is 6.36. The molecule has 4 aromatic rings. The summed E-state index contributed by atoms with van der Waals surface area (Å²) < 4.78 is 6.64. The third kappa shape index (κ3) is 4.58. The minimum Gasteiger partial charge on any atom is -0.455 e. The average molecular weight is 489 g/mol. The van der Waals surface area contributed by atoms with Crippen molar-refractivity contribution in [3.63, 3.8) is 0 Å². The first-order valence-corrected chi connectivity index (χ1v) is 13.2. The molecule has 0 aliphatic carbocycles. The van der Waals surface area contributed by atoms with Crippen LogP contribution in [0.3, 0.4) is 0 Å². The number of carbonyl (C=O) groups is 1. The van der Waals surface area contributed by atoms with Crippen LogP contribution in [-0.2, 0) is 9.53 Å². The number of para-hydroxylation sites is 1. The van der Waals surface area contributed by atoms with Gasteiger partial charge < -0.3 is 4.74 Å². The maximum Gasteiger partial charge on any atom is 0.318 e. The monoisotopic (exact) mass is 488 g/mol. The van der Waals surface area contributed by atoms with Crippen LogP contribution in [0.15, 0.2) is 110 Å². The Labute approximate surface area is 218 Å². The molecule has 0 amide bonds. The largest absolute Gasteiger partial charge is 0.455 e. The van der Waals surface area contributed by atoms with Gasteiger partial charge in [-0.25, -0.2) is 0 Å². The predicted octanol–water partition coefficient (Wildman–Crippen LogP) is 6.55. The summed E-state index contributed by atoms with van der Waals surface area (Å²) in [4.78, 5) is 21.3. The Morgan fingerprint density at radius 2 is 1.62 bits per heavy atom. The van der Waals surface area contributed by atoms with Gasteiger partial charge in [-0.3, -0.25) is 14.7 Å². The Hall–Kier alpha value is -3.76. The number of rotatable bonds is 7. The quantitative estimate of drug-likeness (QED) is 0.219. The second-order valence-electron chi connectivity index (χ2n) is 10.3. The summed E-state index contributed by atoms with van der Waals surface area (Å²) in [6.45, 7) is 6.08. The van der Waals surface area contributed by atoms with Crippen LogP contribution in [0.4, 0.5) is 0 Å². The minimum atomic E-state index is -0.491. The van der Waals surface area contributed by atoms with Gasteiger partial charge in [0, 0.05) is 23.7 Å². The molecule has 3 saturated heterocycles. The molecule has 1 unspecified atom stereocenters. The summed E-state index contributed by atoms with van der Waals surface area (Å²) in [5.74, 6) is 0.360. The molecular formula is C33H32N2O2. The van der Waals surface area contributed by atoms with Gasteiger partial charge in [-0.1, -0.05) is 84.9 Å². The lowest BCUT2D eigenvalue weighted by atomic mass is 9.73. The van der Waals surface area contributed by atoms with E-state index in [1.807, 2.05) is 91.1 Å². The lowest BCUT2D eigenvalue weighted by Crippen LogP contribution is -2.55. The summed E-state index contributed by atoms with van der Waals surface area (Å²) >= 11 is 0. The fraction of sp³-hybridized carbons (Fsp3) is 0.273. The van der Waals surface area contributed by atoms with Gasteiger partial charge in [0.05, 0.1) is 11.6 Å². The van der Waals surface area contributed by atoms with E-state index in [9.17, 15) is 4.79 Å². The van der Waals surface area contributed by atoms with E-state index in [0.717, 1.165) is 47.1 Å². The Balaban J connectivity index is 1.41. The van der Waals surface area contributed by atoms with Gasteiger partial charge in [0.25, 0.3) is 0 Å². The van der Waals surface area contributed by atoms with Crippen molar-refractivity contribution in [3.05, 3.63) is 127 Å². The van der Waals surface area contributed by atoms with Gasteiger partial charge in [-0.05, 0) is 54.5 Å². The third-order valence-electron chi connectivity index (χ3n) is 8.24. The molecule has 1 aromatic heterocycles. The molecule has 3 aliphatic heterocycles. The van der Waals surface area contributed by atoms with Gasteiger partial charge in [0.15, 0.2) is 0 Å². The SMILES string of the molecule is C=C[C@H]1CN2CC[C@H]1C[C@@H]2[C@@H](OC(=O)C(c1ccccc1)c1ccccc1)c1ccnc2ccccc12. The maximum absolute atomic E-state index is 14.2. The zero-order chi connectivity index (χ0) is 25.2. The molecule has 7 rings (SSSR count). The summed E-state index contributed by atoms with van der Waals surface area (Å²) in [6.07, 6.45) is 5.72. The standard InChI is InChI=1S/C33H32N2O2/c1-2-23-22-35-20-18-26(23)21-30(35)32(28-17-19-34-29-16-10-9-15-27(28)29)37-33(36)31(24-11-5-3-6-12-24)25-13-7-4-8-14-25/h2-17,19,23,26,30-32H,1,18,20-22H2/t23-,26-,30+,32-/m0/s1. The van der Waals surface area contributed by atoms with Crippen molar-refractivity contribution in [2.75, 3.05) is 13.1 Å². The fourth-order valence-electron chi connectivity index (χ4n) is 6.36. The van der Waals surface area contributed by atoms with Crippen LogP contribution in [0.5, 0.6) is 0 Å². The van der Waals surface area contributed by atoms with Gasteiger partial charge >= 0.3 is 5.97 Å². The van der Waals surface area contributed by atoms with Gasteiger partial charge in [-0.2, -0.15) is 0 Å². The van der Waals surface area contributed by atoms with Crippen molar-refractivity contribution in [1.29, 1.82) is 0 Å². The van der Waals surface area contributed by atoms with Gasteiger partial charge in [0.1, 0.15) is 12.0 Å². The van der Waals surface area contributed by atoms with E-state index >= 15 is 0 Å². The smallest absolute Gasteiger partial charge is 0.318 e. The molecule has 3 aromatic carbocycles. The van der Waals surface area contributed by atoms with E-state index in [0.29, 0.717) is 11.8 Å². The molecule has 0 saturated carbocycles. The number of aromatic nitrogens is 1. The molecule has 37 heavy (non-hydrogen) atoms. The van der Waals surface area contributed by atoms with Crippen molar-refractivity contribution < 1.29 is 9.53 Å². The second-order valence-corrected chi connectivity index (χ2v) is 10.3. The molecule has 4 heterocycles. The van der Waals surface area contributed by atoms with Crippen molar-refractivity contribution in [1.82, 2.24) is 9.88 Å². The molecule has 4 heteroatoms. The van der Waals surface area contributed by atoms with E-state index in [4.69, 9.17) is 4.74 Å². The van der Waals surface area contributed by atoms with E-state index in [1.54, 1.807) is 0 Å². The summed E-state index contributed by atoms with van der Waals surface area (Å²) in [6, 6.07) is 30.2. The van der Waals surface area contributed by atoms with Crippen LogP contribution in [0, 0.1) is 11.8 Å². The number of carbonyl (C=O) groups excluding carboxylic acids is 1. The molecule has 3 fully saturated rings.